The Bertz CT molecular complexity index is 701. The fourth-order valence-electron chi connectivity index (χ4n) is 2.73. The quantitative estimate of drug-likeness (QED) is 0.831. The molecule has 2 aromatic rings. The van der Waals surface area contributed by atoms with Gasteiger partial charge in [-0.1, -0.05) is 12.1 Å². The van der Waals surface area contributed by atoms with Gasteiger partial charge in [-0.25, -0.2) is 4.39 Å². The SMILES string of the molecule is Cc1cc(C#N)ccc1CN1CCc2ccc(F)cc21. The van der Waals surface area contributed by atoms with Crippen molar-refractivity contribution in [3.05, 3.63) is 64.5 Å². The van der Waals surface area contributed by atoms with Gasteiger partial charge in [0.2, 0.25) is 0 Å². The van der Waals surface area contributed by atoms with Crippen LogP contribution in [-0.2, 0) is 13.0 Å². The summed E-state index contributed by atoms with van der Waals surface area (Å²) in [5.41, 5.74) is 5.17. The maximum Gasteiger partial charge on any atom is 0.125 e. The van der Waals surface area contributed by atoms with Gasteiger partial charge in [-0.3, -0.25) is 0 Å². The summed E-state index contributed by atoms with van der Waals surface area (Å²) in [7, 11) is 0. The average Bonchev–Trinajstić information content (AvgIpc) is 2.83. The third-order valence-electron chi connectivity index (χ3n) is 3.87. The summed E-state index contributed by atoms with van der Waals surface area (Å²) in [6, 6.07) is 12.9. The zero-order valence-corrected chi connectivity index (χ0v) is 11.4. The molecule has 0 amide bonds. The maximum absolute atomic E-state index is 13.4. The first kappa shape index (κ1) is 12.7. The second-order valence-corrected chi connectivity index (χ2v) is 5.20. The number of rotatable bonds is 2. The van der Waals surface area contributed by atoms with E-state index in [0.717, 1.165) is 30.8 Å². The number of anilines is 1. The van der Waals surface area contributed by atoms with Gasteiger partial charge in [-0.05, 0) is 54.3 Å². The van der Waals surface area contributed by atoms with Crippen LogP contribution in [0.4, 0.5) is 10.1 Å². The zero-order valence-electron chi connectivity index (χ0n) is 11.4. The van der Waals surface area contributed by atoms with E-state index < -0.39 is 0 Å². The second kappa shape index (κ2) is 4.97. The van der Waals surface area contributed by atoms with Crippen LogP contribution < -0.4 is 4.90 Å². The van der Waals surface area contributed by atoms with Crippen molar-refractivity contribution in [3.8, 4) is 6.07 Å². The van der Waals surface area contributed by atoms with Gasteiger partial charge >= 0.3 is 0 Å². The standard InChI is InChI=1S/C17H15FN2/c1-12-8-13(10-19)2-3-15(12)11-20-7-6-14-4-5-16(18)9-17(14)20/h2-5,8-9H,6-7,11H2,1H3. The molecule has 0 N–H and O–H groups in total. The molecule has 1 aliphatic rings. The molecule has 0 spiro atoms. The maximum atomic E-state index is 13.4. The summed E-state index contributed by atoms with van der Waals surface area (Å²) < 4.78 is 13.4. The third kappa shape index (κ3) is 2.25. The van der Waals surface area contributed by atoms with Crippen molar-refractivity contribution in [2.45, 2.75) is 19.9 Å². The summed E-state index contributed by atoms with van der Waals surface area (Å²) in [5, 5.41) is 8.90. The van der Waals surface area contributed by atoms with Crippen LogP contribution in [0.2, 0.25) is 0 Å². The molecule has 0 radical (unpaired) electrons. The van der Waals surface area contributed by atoms with Gasteiger partial charge in [0.15, 0.2) is 0 Å². The van der Waals surface area contributed by atoms with E-state index >= 15 is 0 Å². The summed E-state index contributed by atoms with van der Waals surface area (Å²) in [6.45, 7) is 3.69. The van der Waals surface area contributed by atoms with Crippen LogP contribution in [0.1, 0.15) is 22.3 Å². The predicted octanol–water partition coefficient (Wildman–Crippen LogP) is 3.57. The van der Waals surface area contributed by atoms with Crippen LogP contribution in [0.25, 0.3) is 0 Å². The number of aryl methyl sites for hydroxylation is 1. The Balaban J connectivity index is 1.88. The predicted molar refractivity (Wildman–Crippen MR) is 77.0 cm³/mol. The van der Waals surface area contributed by atoms with E-state index in [9.17, 15) is 4.39 Å². The molecule has 3 rings (SSSR count). The molecule has 2 nitrogen and oxygen atoms in total. The van der Waals surface area contributed by atoms with Crippen molar-refractivity contribution in [1.29, 1.82) is 5.26 Å². The zero-order chi connectivity index (χ0) is 14.1. The first-order valence-electron chi connectivity index (χ1n) is 6.70. The van der Waals surface area contributed by atoms with E-state index in [1.807, 2.05) is 31.2 Å². The van der Waals surface area contributed by atoms with Crippen LogP contribution in [0.15, 0.2) is 36.4 Å². The minimum atomic E-state index is -0.188. The Morgan fingerprint density at radius 3 is 2.85 bits per heavy atom. The Kier molecular flexibility index (Phi) is 3.15. The largest absolute Gasteiger partial charge is 0.367 e. The van der Waals surface area contributed by atoms with Crippen LogP contribution in [0, 0.1) is 24.1 Å². The van der Waals surface area contributed by atoms with E-state index in [4.69, 9.17) is 5.26 Å². The molecule has 0 aromatic heterocycles. The number of nitrogens with zero attached hydrogens (tertiary/aromatic N) is 2. The molecule has 0 aliphatic carbocycles. The number of benzene rings is 2. The molecule has 0 bridgehead atoms. The number of halogens is 1. The average molecular weight is 266 g/mol. The van der Waals surface area contributed by atoms with Crippen molar-refractivity contribution < 1.29 is 4.39 Å². The molecule has 0 unspecified atom stereocenters. The first-order valence-corrected chi connectivity index (χ1v) is 6.70. The monoisotopic (exact) mass is 266 g/mol. The molecular formula is C17H15FN2. The van der Waals surface area contributed by atoms with Crippen molar-refractivity contribution in [2.75, 3.05) is 11.4 Å². The minimum Gasteiger partial charge on any atom is -0.367 e. The number of nitriles is 1. The van der Waals surface area contributed by atoms with Gasteiger partial charge in [0.25, 0.3) is 0 Å². The number of hydrogen-bond donors (Lipinski definition) is 0. The van der Waals surface area contributed by atoms with Crippen molar-refractivity contribution in [3.63, 3.8) is 0 Å². The highest BCUT2D eigenvalue weighted by Crippen LogP contribution is 2.30. The smallest absolute Gasteiger partial charge is 0.125 e. The molecule has 100 valence electrons. The molecule has 3 heteroatoms. The fourth-order valence-corrected chi connectivity index (χ4v) is 2.73. The lowest BCUT2D eigenvalue weighted by Gasteiger charge is -2.20. The van der Waals surface area contributed by atoms with E-state index in [1.54, 1.807) is 6.07 Å². The van der Waals surface area contributed by atoms with Crippen LogP contribution in [0.3, 0.4) is 0 Å². The Hall–Kier alpha value is -2.34. The highest BCUT2D eigenvalue weighted by atomic mass is 19.1. The molecule has 2 aromatic carbocycles. The Morgan fingerprint density at radius 1 is 1.25 bits per heavy atom. The fraction of sp³-hybridized carbons (Fsp3) is 0.235. The van der Waals surface area contributed by atoms with Gasteiger partial charge in [0, 0.05) is 18.8 Å². The highest BCUT2D eigenvalue weighted by Gasteiger charge is 2.20. The molecule has 0 fully saturated rings. The summed E-state index contributed by atoms with van der Waals surface area (Å²) >= 11 is 0. The van der Waals surface area contributed by atoms with Crippen molar-refractivity contribution in [2.24, 2.45) is 0 Å². The summed E-state index contributed by atoms with van der Waals surface area (Å²) in [5.74, 6) is -0.188. The molecule has 20 heavy (non-hydrogen) atoms. The first-order chi connectivity index (χ1) is 9.67. The van der Waals surface area contributed by atoms with Crippen molar-refractivity contribution in [1.82, 2.24) is 0 Å². The molecule has 0 saturated heterocycles. The molecular weight excluding hydrogens is 251 g/mol. The van der Waals surface area contributed by atoms with Gasteiger partial charge in [-0.2, -0.15) is 5.26 Å². The molecule has 0 atom stereocenters. The third-order valence-corrected chi connectivity index (χ3v) is 3.87. The molecule has 0 saturated carbocycles. The lowest BCUT2D eigenvalue weighted by molar-refractivity contribution is 0.627. The molecule has 1 heterocycles. The van der Waals surface area contributed by atoms with Gasteiger partial charge in [0.1, 0.15) is 5.82 Å². The van der Waals surface area contributed by atoms with Gasteiger partial charge in [-0.15, -0.1) is 0 Å². The minimum absolute atomic E-state index is 0.188. The van der Waals surface area contributed by atoms with E-state index in [-0.39, 0.29) is 5.82 Å². The van der Waals surface area contributed by atoms with Crippen molar-refractivity contribution >= 4 is 5.69 Å². The normalized spacial score (nSPS) is 13.2. The van der Waals surface area contributed by atoms with Gasteiger partial charge < -0.3 is 4.90 Å². The lowest BCUT2D eigenvalue weighted by Crippen LogP contribution is -2.20. The number of fused-ring (bicyclic) bond motifs is 1. The second-order valence-electron chi connectivity index (χ2n) is 5.20. The summed E-state index contributed by atoms with van der Waals surface area (Å²) in [4.78, 5) is 2.20. The Morgan fingerprint density at radius 2 is 2.10 bits per heavy atom. The van der Waals surface area contributed by atoms with Gasteiger partial charge in [0.05, 0.1) is 11.6 Å². The van der Waals surface area contributed by atoms with E-state index in [0.29, 0.717) is 5.56 Å². The van der Waals surface area contributed by atoms with Crippen LogP contribution >= 0.6 is 0 Å². The summed E-state index contributed by atoms with van der Waals surface area (Å²) in [6.07, 6.45) is 0.963. The Labute approximate surface area is 118 Å². The topological polar surface area (TPSA) is 27.0 Å². The molecule has 1 aliphatic heterocycles. The lowest BCUT2D eigenvalue weighted by atomic mass is 10.1. The van der Waals surface area contributed by atoms with E-state index in [2.05, 4.69) is 11.0 Å². The number of hydrogen-bond acceptors (Lipinski definition) is 2. The van der Waals surface area contributed by atoms with Crippen LogP contribution in [-0.4, -0.2) is 6.54 Å². The van der Waals surface area contributed by atoms with E-state index in [1.165, 1.54) is 17.2 Å². The van der Waals surface area contributed by atoms with Crippen LogP contribution in [0.5, 0.6) is 0 Å². The highest BCUT2D eigenvalue weighted by molar-refractivity contribution is 5.58.